The molecule has 194 valence electrons. The van der Waals surface area contributed by atoms with Crippen LogP contribution in [0.25, 0.3) is 71.6 Å². The van der Waals surface area contributed by atoms with Crippen molar-refractivity contribution in [3.63, 3.8) is 0 Å². The van der Waals surface area contributed by atoms with E-state index in [0.29, 0.717) is 0 Å². The zero-order chi connectivity index (χ0) is 27.4. The first kappa shape index (κ1) is 22.1. The van der Waals surface area contributed by atoms with Gasteiger partial charge in [0, 0.05) is 16.5 Å². The van der Waals surface area contributed by atoms with E-state index in [1.807, 2.05) is 0 Å². The SMILES string of the molecule is c1ccc2c(c1)-c1cccc3c(N4c5ccc6ccccc6c5-c5ccccc5-n5c4nc4ccccc45)ccc-2c13. The van der Waals surface area contributed by atoms with Gasteiger partial charge in [-0.3, -0.25) is 9.47 Å². The van der Waals surface area contributed by atoms with Crippen LogP contribution in [0.2, 0.25) is 0 Å². The van der Waals surface area contributed by atoms with Crippen LogP contribution < -0.4 is 4.90 Å². The summed E-state index contributed by atoms with van der Waals surface area (Å²) in [6, 6.07) is 50.6. The number of anilines is 3. The average Bonchev–Trinajstić information content (AvgIpc) is 3.55. The van der Waals surface area contributed by atoms with Crippen LogP contribution in [0.1, 0.15) is 0 Å². The van der Waals surface area contributed by atoms with E-state index in [-0.39, 0.29) is 0 Å². The van der Waals surface area contributed by atoms with Gasteiger partial charge in [-0.2, -0.15) is 0 Å². The maximum absolute atomic E-state index is 5.34. The summed E-state index contributed by atoms with van der Waals surface area (Å²) in [4.78, 5) is 7.74. The molecule has 0 bridgehead atoms. The molecule has 0 atom stereocenters. The molecule has 7 aromatic carbocycles. The zero-order valence-corrected chi connectivity index (χ0v) is 22.6. The first-order valence-electron chi connectivity index (χ1n) is 14.4. The maximum atomic E-state index is 5.34. The van der Waals surface area contributed by atoms with Gasteiger partial charge in [0.1, 0.15) is 0 Å². The summed E-state index contributed by atoms with van der Waals surface area (Å²) >= 11 is 0. The zero-order valence-electron chi connectivity index (χ0n) is 22.6. The van der Waals surface area contributed by atoms with Crippen LogP contribution in [0, 0.1) is 0 Å². The lowest BCUT2D eigenvalue weighted by molar-refractivity contribution is 1.05. The second kappa shape index (κ2) is 7.96. The number of fused-ring (bicyclic) bond motifs is 12. The van der Waals surface area contributed by atoms with Crippen molar-refractivity contribution in [3.05, 3.63) is 140 Å². The van der Waals surface area contributed by atoms with Gasteiger partial charge < -0.3 is 0 Å². The Hall–Kier alpha value is -5.67. The molecule has 1 aliphatic heterocycles. The maximum Gasteiger partial charge on any atom is 0.220 e. The molecular weight excluding hydrogens is 510 g/mol. The number of nitrogens with zero attached hydrogens (tertiary/aromatic N) is 3. The van der Waals surface area contributed by atoms with Crippen LogP contribution in [-0.2, 0) is 0 Å². The van der Waals surface area contributed by atoms with Gasteiger partial charge in [-0.1, -0.05) is 109 Å². The number of imidazole rings is 1. The van der Waals surface area contributed by atoms with E-state index in [1.54, 1.807) is 0 Å². The molecule has 0 spiro atoms. The number of rotatable bonds is 1. The molecule has 2 heterocycles. The predicted molar refractivity (Wildman–Crippen MR) is 174 cm³/mol. The number of hydrogen-bond acceptors (Lipinski definition) is 2. The first-order chi connectivity index (χ1) is 20.9. The van der Waals surface area contributed by atoms with Crippen LogP contribution in [0.3, 0.4) is 0 Å². The minimum atomic E-state index is 0.897. The third kappa shape index (κ3) is 2.72. The van der Waals surface area contributed by atoms with Gasteiger partial charge >= 0.3 is 0 Å². The van der Waals surface area contributed by atoms with Crippen LogP contribution in [-0.4, -0.2) is 9.55 Å². The van der Waals surface area contributed by atoms with E-state index in [1.165, 1.54) is 54.9 Å². The summed E-state index contributed by atoms with van der Waals surface area (Å²) in [5.74, 6) is 0.897. The van der Waals surface area contributed by atoms with Gasteiger partial charge in [0.15, 0.2) is 0 Å². The van der Waals surface area contributed by atoms with Crippen molar-refractivity contribution < 1.29 is 0 Å². The predicted octanol–water partition coefficient (Wildman–Crippen LogP) is 10.4. The molecule has 0 saturated heterocycles. The molecule has 3 heteroatoms. The molecule has 42 heavy (non-hydrogen) atoms. The van der Waals surface area contributed by atoms with Crippen molar-refractivity contribution in [2.24, 2.45) is 0 Å². The smallest absolute Gasteiger partial charge is 0.220 e. The van der Waals surface area contributed by atoms with Gasteiger partial charge in [0.2, 0.25) is 5.95 Å². The summed E-state index contributed by atoms with van der Waals surface area (Å²) in [5.41, 5.74) is 13.1. The average molecular weight is 534 g/mol. The van der Waals surface area contributed by atoms with Crippen molar-refractivity contribution in [2.75, 3.05) is 4.90 Å². The molecule has 10 rings (SSSR count). The first-order valence-corrected chi connectivity index (χ1v) is 14.4. The van der Waals surface area contributed by atoms with Crippen molar-refractivity contribution in [2.45, 2.75) is 0 Å². The molecule has 0 saturated carbocycles. The van der Waals surface area contributed by atoms with E-state index in [9.17, 15) is 0 Å². The largest absolute Gasteiger partial charge is 0.279 e. The molecule has 3 nitrogen and oxygen atoms in total. The lowest BCUT2D eigenvalue weighted by Crippen LogP contribution is -2.14. The highest BCUT2D eigenvalue weighted by atomic mass is 15.3. The van der Waals surface area contributed by atoms with Crippen molar-refractivity contribution in [3.8, 4) is 39.1 Å². The quantitative estimate of drug-likeness (QED) is 0.209. The standard InChI is InChI=1S/C39H23N3/c1-2-11-25-24(10-1)20-22-36-38(25)31-14-5-7-18-33(31)41-35-19-8-6-17-32(35)40-39(41)42(36)34-23-21-29-27-13-4-3-12-26(27)28-15-9-16-30(34)37(28)29/h1-23H. The van der Waals surface area contributed by atoms with E-state index in [4.69, 9.17) is 4.98 Å². The van der Waals surface area contributed by atoms with Crippen LogP contribution in [0.4, 0.5) is 17.3 Å². The monoisotopic (exact) mass is 533 g/mol. The Morgan fingerprint density at radius 1 is 0.429 bits per heavy atom. The fourth-order valence-corrected chi connectivity index (χ4v) is 7.34. The summed E-state index contributed by atoms with van der Waals surface area (Å²) < 4.78 is 2.34. The third-order valence-corrected chi connectivity index (χ3v) is 9.07. The number of aromatic nitrogens is 2. The Labute approximate surface area is 242 Å². The summed E-state index contributed by atoms with van der Waals surface area (Å²) in [6.07, 6.45) is 0. The Balaban J connectivity index is 1.39. The lowest BCUT2D eigenvalue weighted by Gasteiger charge is -2.27. The highest BCUT2D eigenvalue weighted by molar-refractivity contribution is 6.20. The number of para-hydroxylation sites is 3. The molecule has 0 unspecified atom stereocenters. The fourth-order valence-electron chi connectivity index (χ4n) is 7.34. The highest BCUT2D eigenvalue weighted by Crippen LogP contribution is 2.54. The molecule has 0 amide bonds. The van der Waals surface area contributed by atoms with E-state index in [0.717, 1.165) is 34.0 Å². The van der Waals surface area contributed by atoms with Gasteiger partial charge in [-0.15, -0.1) is 0 Å². The van der Waals surface area contributed by atoms with E-state index >= 15 is 0 Å². The van der Waals surface area contributed by atoms with Crippen molar-refractivity contribution in [1.29, 1.82) is 0 Å². The molecule has 0 radical (unpaired) electrons. The topological polar surface area (TPSA) is 21.1 Å². The van der Waals surface area contributed by atoms with Crippen molar-refractivity contribution >= 4 is 49.9 Å². The molecule has 8 aromatic rings. The van der Waals surface area contributed by atoms with Gasteiger partial charge in [0.05, 0.1) is 28.1 Å². The van der Waals surface area contributed by atoms with Crippen LogP contribution >= 0.6 is 0 Å². The normalized spacial score (nSPS) is 12.7. The second-order valence-electron chi connectivity index (χ2n) is 11.2. The Morgan fingerprint density at radius 2 is 1.10 bits per heavy atom. The molecule has 0 N–H and O–H groups in total. The third-order valence-electron chi connectivity index (χ3n) is 9.07. The number of hydrogen-bond donors (Lipinski definition) is 0. The van der Waals surface area contributed by atoms with Gasteiger partial charge in [-0.25, -0.2) is 4.98 Å². The van der Waals surface area contributed by atoms with Gasteiger partial charge in [-0.05, 0) is 68.7 Å². The molecular formula is C39H23N3. The summed E-state index contributed by atoms with van der Waals surface area (Å²) in [5, 5.41) is 5.00. The minimum Gasteiger partial charge on any atom is -0.279 e. The van der Waals surface area contributed by atoms with E-state index < -0.39 is 0 Å². The fraction of sp³-hybridized carbons (Fsp3) is 0. The second-order valence-corrected chi connectivity index (χ2v) is 11.2. The molecule has 1 aromatic heterocycles. The number of benzene rings is 7. The molecule has 2 aliphatic rings. The Morgan fingerprint density at radius 3 is 2.00 bits per heavy atom. The highest BCUT2D eigenvalue weighted by Gasteiger charge is 2.32. The Kier molecular flexibility index (Phi) is 4.18. The minimum absolute atomic E-state index is 0.897. The van der Waals surface area contributed by atoms with Crippen molar-refractivity contribution in [1.82, 2.24) is 9.55 Å². The molecule has 0 fully saturated rings. The van der Waals surface area contributed by atoms with E-state index in [2.05, 4.69) is 149 Å². The molecule has 1 aliphatic carbocycles. The summed E-state index contributed by atoms with van der Waals surface area (Å²) in [7, 11) is 0. The van der Waals surface area contributed by atoms with Crippen LogP contribution in [0.15, 0.2) is 140 Å². The lowest BCUT2D eigenvalue weighted by atomic mass is 9.94. The van der Waals surface area contributed by atoms with Gasteiger partial charge in [0.25, 0.3) is 0 Å². The Bertz CT molecular complexity index is 2400. The van der Waals surface area contributed by atoms with Crippen LogP contribution in [0.5, 0.6) is 0 Å². The summed E-state index contributed by atoms with van der Waals surface area (Å²) in [6.45, 7) is 0.